The molecule has 3 nitrogen and oxygen atoms in total. The zero-order valence-electron chi connectivity index (χ0n) is 2.55. The van der Waals surface area contributed by atoms with Gasteiger partial charge in [0.05, 0.1) is 4.92 Å². The van der Waals surface area contributed by atoms with Gasteiger partial charge in [-0.05, 0) is 6.58 Å². The summed E-state index contributed by atoms with van der Waals surface area (Å²) in [5.74, 6) is 0. The van der Waals surface area contributed by atoms with E-state index in [2.05, 4.69) is 6.58 Å². The summed E-state index contributed by atoms with van der Waals surface area (Å²) in [5, 5.41) is 9.06. The Morgan fingerprint density at radius 3 is 2.00 bits per heavy atom. The molecule has 0 unspecified atom stereocenters. The summed E-state index contributed by atoms with van der Waals surface area (Å²) in [4.78, 5) is 8.44. The number of hydrogen-bond donors (Lipinski definition) is 0. The molecule has 4 heteroatoms. The predicted octanol–water partition coefficient (Wildman–Crippen LogP) is -0.242. The van der Waals surface area contributed by atoms with Crippen molar-refractivity contribution in [2.75, 3.05) is 0 Å². The van der Waals surface area contributed by atoms with Gasteiger partial charge in [-0.1, -0.05) is 0 Å². The standard InChI is InChI=1S/C2H3NO2.K.H/c1-2-3(4)5;;/h2H,1H2;;. The molecule has 0 aromatic rings. The second kappa shape index (κ2) is 5.78. The summed E-state index contributed by atoms with van der Waals surface area (Å²) in [6.07, 6.45) is 0.639. The first-order valence-corrected chi connectivity index (χ1v) is 1.03. The normalized spacial score (nSPS) is 5.33. The van der Waals surface area contributed by atoms with Crippen LogP contribution < -0.4 is 0 Å². The Hall–Kier alpha value is 0.776. The minimum absolute atomic E-state index is 0. The molecule has 0 rings (SSSR count). The topological polar surface area (TPSA) is 43.1 Å². The van der Waals surface area contributed by atoms with Gasteiger partial charge >= 0.3 is 51.4 Å². The van der Waals surface area contributed by atoms with Crippen LogP contribution in [0.2, 0.25) is 0 Å². The average Bonchev–Trinajstić information content (AvgIpc) is 1.38. The van der Waals surface area contributed by atoms with Crippen molar-refractivity contribution in [2.24, 2.45) is 0 Å². The van der Waals surface area contributed by atoms with E-state index in [9.17, 15) is 0 Å². The minimum atomic E-state index is -0.611. The molecule has 30 valence electrons. The summed E-state index contributed by atoms with van der Waals surface area (Å²) in [7, 11) is 0. The summed E-state index contributed by atoms with van der Waals surface area (Å²) in [6.45, 7) is 2.86. The van der Waals surface area contributed by atoms with Crippen LogP contribution in [0.1, 0.15) is 0 Å². The molecule has 0 atom stereocenters. The molecule has 6 heavy (non-hydrogen) atoms. The number of rotatable bonds is 1. The molecule has 0 saturated heterocycles. The van der Waals surface area contributed by atoms with E-state index in [1.807, 2.05) is 0 Å². The van der Waals surface area contributed by atoms with Gasteiger partial charge in [-0.2, -0.15) is 0 Å². The molecule has 0 amide bonds. The van der Waals surface area contributed by atoms with Crippen molar-refractivity contribution in [3.63, 3.8) is 0 Å². The van der Waals surface area contributed by atoms with E-state index >= 15 is 0 Å². The molecular weight excluding hydrogens is 109 g/mol. The second-order valence-corrected chi connectivity index (χ2v) is 0.468. The van der Waals surface area contributed by atoms with Gasteiger partial charge in [0, 0.05) is 0 Å². The van der Waals surface area contributed by atoms with Gasteiger partial charge in [-0.3, -0.25) is 10.1 Å². The first-order valence-electron chi connectivity index (χ1n) is 1.03. The summed E-state index contributed by atoms with van der Waals surface area (Å²) in [5.41, 5.74) is 0. The molecule has 0 saturated carbocycles. The van der Waals surface area contributed by atoms with E-state index in [1.165, 1.54) is 0 Å². The Kier molecular flexibility index (Phi) is 9.54. The molecule has 0 spiro atoms. The van der Waals surface area contributed by atoms with Gasteiger partial charge in [-0.25, -0.2) is 0 Å². The Morgan fingerprint density at radius 1 is 1.83 bits per heavy atom. The quantitative estimate of drug-likeness (QED) is 0.267. The van der Waals surface area contributed by atoms with Crippen molar-refractivity contribution in [1.29, 1.82) is 0 Å². The molecule has 0 aliphatic heterocycles. The van der Waals surface area contributed by atoms with Crippen LogP contribution in [0, 0.1) is 10.1 Å². The van der Waals surface area contributed by atoms with Crippen LogP contribution in [-0.4, -0.2) is 56.3 Å². The van der Waals surface area contributed by atoms with E-state index in [0.29, 0.717) is 6.20 Å². The van der Waals surface area contributed by atoms with Gasteiger partial charge < -0.3 is 0 Å². The van der Waals surface area contributed by atoms with Crippen LogP contribution in [0.5, 0.6) is 0 Å². The zero-order valence-corrected chi connectivity index (χ0v) is 2.55. The van der Waals surface area contributed by atoms with Crippen LogP contribution in [0.15, 0.2) is 12.8 Å². The van der Waals surface area contributed by atoms with Crippen LogP contribution in [0.4, 0.5) is 0 Å². The molecule has 0 aromatic heterocycles. The van der Waals surface area contributed by atoms with Crippen LogP contribution in [0.3, 0.4) is 0 Å². The summed E-state index contributed by atoms with van der Waals surface area (Å²) in [6, 6.07) is 0. The fourth-order valence-electron chi connectivity index (χ4n) is 0. The van der Waals surface area contributed by atoms with E-state index in [0.717, 1.165) is 0 Å². The molecule has 0 fully saturated rings. The first kappa shape index (κ1) is 9.91. The third kappa shape index (κ3) is 8.84. The fourth-order valence-corrected chi connectivity index (χ4v) is 0. The molecule has 0 aliphatic carbocycles. The summed E-state index contributed by atoms with van der Waals surface area (Å²) < 4.78 is 0. The van der Waals surface area contributed by atoms with Gasteiger partial charge in [0.15, 0.2) is 0 Å². The van der Waals surface area contributed by atoms with Gasteiger partial charge in [0.25, 0.3) is 0 Å². The van der Waals surface area contributed by atoms with Gasteiger partial charge in [0.1, 0.15) is 0 Å². The van der Waals surface area contributed by atoms with Crippen molar-refractivity contribution >= 4 is 51.4 Å². The van der Waals surface area contributed by atoms with Crippen LogP contribution in [0.25, 0.3) is 0 Å². The maximum atomic E-state index is 9.06. The van der Waals surface area contributed by atoms with Crippen LogP contribution in [-0.2, 0) is 0 Å². The van der Waals surface area contributed by atoms with Crippen molar-refractivity contribution in [2.45, 2.75) is 0 Å². The van der Waals surface area contributed by atoms with E-state index in [4.69, 9.17) is 10.1 Å². The Balaban J connectivity index is 0. The monoisotopic (exact) mass is 113 g/mol. The van der Waals surface area contributed by atoms with Crippen molar-refractivity contribution in [3.8, 4) is 0 Å². The molecule has 0 N–H and O–H groups in total. The molecular formula is C2H4KNO2. The Labute approximate surface area is 78.0 Å². The number of nitro groups is 1. The van der Waals surface area contributed by atoms with E-state index in [-0.39, 0.29) is 51.4 Å². The zero-order chi connectivity index (χ0) is 4.28. The number of nitrogens with zero attached hydrogens (tertiary/aromatic N) is 1. The van der Waals surface area contributed by atoms with E-state index in [1.54, 1.807) is 0 Å². The molecule has 0 bridgehead atoms. The van der Waals surface area contributed by atoms with E-state index < -0.39 is 4.92 Å². The molecule has 0 heterocycles. The third-order valence-corrected chi connectivity index (χ3v) is 0.149. The predicted molar refractivity (Wildman–Crippen MR) is 24.3 cm³/mol. The Bertz CT molecular complexity index is 62.6. The Morgan fingerprint density at radius 2 is 2.00 bits per heavy atom. The van der Waals surface area contributed by atoms with Crippen molar-refractivity contribution in [1.82, 2.24) is 0 Å². The first-order chi connectivity index (χ1) is 2.27. The molecule has 0 radical (unpaired) electrons. The van der Waals surface area contributed by atoms with Crippen molar-refractivity contribution in [3.05, 3.63) is 22.9 Å². The molecule has 0 aliphatic rings. The van der Waals surface area contributed by atoms with Gasteiger partial charge in [-0.15, -0.1) is 0 Å². The maximum absolute atomic E-state index is 9.06. The third-order valence-electron chi connectivity index (χ3n) is 0.149. The van der Waals surface area contributed by atoms with Gasteiger partial charge in [0.2, 0.25) is 6.20 Å². The summed E-state index contributed by atoms with van der Waals surface area (Å²) >= 11 is 0. The average molecular weight is 113 g/mol. The van der Waals surface area contributed by atoms with Crippen LogP contribution >= 0.6 is 0 Å². The SMILES string of the molecule is C=C[N+](=O)[O-].[KH]. The molecule has 0 aromatic carbocycles. The second-order valence-electron chi connectivity index (χ2n) is 0.468. The van der Waals surface area contributed by atoms with Crippen molar-refractivity contribution < 1.29 is 4.92 Å². The fraction of sp³-hybridized carbons (Fsp3) is 0. The number of hydrogen-bond acceptors (Lipinski definition) is 2.